The molecule has 0 radical (unpaired) electrons. The summed E-state index contributed by atoms with van der Waals surface area (Å²) in [4.78, 5) is 16.2. The van der Waals surface area contributed by atoms with Gasteiger partial charge in [0.1, 0.15) is 0 Å². The van der Waals surface area contributed by atoms with Gasteiger partial charge >= 0.3 is 0 Å². The van der Waals surface area contributed by atoms with Crippen LogP contribution in [-0.2, 0) is 4.79 Å². The fourth-order valence-corrected chi connectivity index (χ4v) is 2.54. The number of carbonyl (C=O) groups excluding carboxylic acids is 1. The molecule has 1 rings (SSSR count). The number of likely N-dealkylation sites (tertiary alicyclic amines) is 1. The van der Waals surface area contributed by atoms with E-state index >= 15 is 0 Å². The van der Waals surface area contributed by atoms with E-state index in [-0.39, 0.29) is 18.6 Å². The first kappa shape index (κ1) is 14.5. The molecule has 4 nitrogen and oxygen atoms in total. The minimum Gasteiger partial charge on any atom is -0.394 e. The fourth-order valence-electron chi connectivity index (χ4n) is 2.54. The normalized spacial score (nSPS) is 20.2. The lowest BCUT2D eigenvalue weighted by Gasteiger charge is -2.27. The standard InChI is InChI=1S/C13H26N2O2/c1-3-7-14(8-4-2)10-13(17)15-9-5-6-12(15)11-16/h12,16H,3-11H2,1-2H3/t12-/m0/s1. The summed E-state index contributed by atoms with van der Waals surface area (Å²) in [5.41, 5.74) is 0. The third kappa shape index (κ3) is 4.28. The number of aliphatic hydroxyl groups excluding tert-OH is 1. The first-order valence-corrected chi connectivity index (χ1v) is 6.85. The largest absolute Gasteiger partial charge is 0.394 e. The van der Waals surface area contributed by atoms with Crippen LogP contribution in [-0.4, -0.2) is 59.6 Å². The first-order valence-electron chi connectivity index (χ1n) is 6.85. The van der Waals surface area contributed by atoms with E-state index in [2.05, 4.69) is 18.7 Å². The number of hydrogen-bond donors (Lipinski definition) is 1. The molecule has 0 spiro atoms. The molecule has 100 valence electrons. The van der Waals surface area contributed by atoms with Gasteiger partial charge in [-0.25, -0.2) is 0 Å². The summed E-state index contributed by atoms with van der Waals surface area (Å²) in [6, 6.07) is 0.0626. The van der Waals surface area contributed by atoms with Crippen LogP contribution in [0.2, 0.25) is 0 Å². The van der Waals surface area contributed by atoms with Gasteiger partial charge in [-0.3, -0.25) is 9.69 Å². The summed E-state index contributed by atoms with van der Waals surface area (Å²) in [6.45, 7) is 7.68. The molecule has 1 saturated heterocycles. The van der Waals surface area contributed by atoms with Gasteiger partial charge in [-0.05, 0) is 38.8 Å². The molecule has 1 aliphatic rings. The molecule has 1 heterocycles. The minimum atomic E-state index is 0.0626. The monoisotopic (exact) mass is 242 g/mol. The zero-order chi connectivity index (χ0) is 12.7. The van der Waals surface area contributed by atoms with Crippen molar-refractivity contribution in [3.8, 4) is 0 Å². The highest BCUT2D eigenvalue weighted by Gasteiger charge is 2.28. The SMILES string of the molecule is CCCN(CCC)CC(=O)N1CCC[C@H]1CO. The Labute approximate surface area is 105 Å². The maximum Gasteiger partial charge on any atom is 0.237 e. The lowest BCUT2D eigenvalue weighted by molar-refractivity contribution is -0.134. The second-order valence-electron chi connectivity index (χ2n) is 4.84. The number of amides is 1. The van der Waals surface area contributed by atoms with Crippen molar-refractivity contribution in [2.24, 2.45) is 0 Å². The average Bonchev–Trinajstić information content (AvgIpc) is 2.77. The molecule has 0 aromatic carbocycles. The lowest BCUT2D eigenvalue weighted by Crippen LogP contribution is -2.44. The molecule has 1 aliphatic heterocycles. The van der Waals surface area contributed by atoms with E-state index in [1.54, 1.807) is 0 Å². The van der Waals surface area contributed by atoms with Crippen molar-refractivity contribution in [3.63, 3.8) is 0 Å². The molecule has 17 heavy (non-hydrogen) atoms. The van der Waals surface area contributed by atoms with Crippen molar-refractivity contribution in [1.29, 1.82) is 0 Å². The Morgan fingerprint density at radius 2 is 2.00 bits per heavy atom. The van der Waals surface area contributed by atoms with E-state index in [1.165, 1.54) is 0 Å². The minimum absolute atomic E-state index is 0.0626. The highest BCUT2D eigenvalue weighted by molar-refractivity contribution is 5.78. The van der Waals surface area contributed by atoms with Crippen LogP contribution >= 0.6 is 0 Å². The number of carbonyl (C=O) groups is 1. The molecule has 4 heteroatoms. The van der Waals surface area contributed by atoms with E-state index in [0.29, 0.717) is 6.54 Å². The number of aliphatic hydroxyl groups is 1. The molecule has 1 atom stereocenters. The fraction of sp³-hybridized carbons (Fsp3) is 0.923. The van der Waals surface area contributed by atoms with E-state index in [1.807, 2.05) is 4.90 Å². The van der Waals surface area contributed by atoms with Gasteiger partial charge in [-0.1, -0.05) is 13.8 Å². The Morgan fingerprint density at radius 3 is 2.53 bits per heavy atom. The quantitative estimate of drug-likeness (QED) is 0.727. The van der Waals surface area contributed by atoms with Crippen LogP contribution < -0.4 is 0 Å². The number of hydrogen-bond acceptors (Lipinski definition) is 3. The molecule has 1 N–H and O–H groups in total. The predicted molar refractivity (Wildman–Crippen MR) is 68.8 cm³/mol. The van der Waals surface area contributed by atoms with Gasteiger partial charge in [0.25, 0.3) is 0 Å². The Hall–Kier alpha value is -0.610. The van der Waals surface area contributed by atoms with Gasteiger partial charge in [0.15, 0.2) is 0 Å². The van der Waals surface area contributed by atoms with E-state index in [9.17, 15) is 9.90 Å². The highest BCUT2D eigenvalue weighted by atomic mass is 16.3. The van der Waals surface area contributed by atoms with Gasteiger partial charge in [-0.2, -0.15) is 0 Å². The van der Waals surface area contributed by atoms with Gasteiger partial charge in [0.05, 0.1) is 19.2 Å². The molecular weight excluding hydrogens is 216 g/mol. The number of rotatable bonds is 7. The van der Waals surface area contributed by atoms with Gasteiger partial charge in [0, 0.05) is 6.54 Å². The maximum absolute atomic E-state index is 12.1. The summed E-state index contributed by atoms with van der Waals surface area (Å²) in [7, 11) is 0. The van der Waals surface area contributed by atoms with Crippen molar-refractivity contribution < 1.29 is 9.90 Å². The van der Waals surface area contributed by atoms with Crippen LogP contribution in [0.15, 0.2) is 0 Å². The van der Waals surface area contributed by atoms with Crippen LogP contribution in [0, 0.1) is 0 Å². The molecule has 1 fully saturated rings. The summed E-state index contributed by atoms with van der Waals surface area (Å²) >= 11 is 0. The van der Waals surface area contributed by atoms with E-state index in [4.69, 9.17) is 0 Å². The Kier molecular flexibility index (Phi) is 6.52. The van der Waals surface area contributed by atoms with Crippen molar-refractivity contribution in [2.75, 3.05) is 32.8 Å². The number of nitrogens with zero attached hydrogens (tertiary/aromatic N) is 2. The highest BCUT2D eigenvalue weighted by Crippen LogP contribution is 2.17. The summed E-state index contributed by atoms with van der Waals surface area (Å²) in [5.74, 6) is 0.184. The van der Waals surface area contributed by atoms with Crippen molar-refractivity contribution >= 4 is 5.91 Å². The molecular formula is C13H26N2O2. The van der Waals surface area contributed by atoms with Crippen LogP contribution in [0.5, 0.6) is 0 Å². The summed E-state index contributed by atoms with van der Waals surface area (Å²) < 4.78 is 0. The summed E-state index contributed by atoms with van der Waals surface area (Å²) in [5, 5.41) is 9.22. The molecule has 0 aliphatic carbocycles. The smallest absolute Gasteiger partial charge is 0.237 e. The Balaban J connectivity index is 2.45. The Bertz CT molecular complexity index is 227. The van der Waals surface area contributed by atoms with Gasteiger partial charge < -0.3 is 10.0 Å². The molecule has 0 aromatic heterocycles. The lowest BCUT2D eigenvalue weighted by atomic mass is 10.2. The molecule has 0 bridgehead atoms. The second-order valence-corrected chi connectivity index (χ2v) is 4.84. The zero-order valence-electron chi connectivity index (χ0n) is 11.2. The van der Waals surface area contributed by atoms with Gasteiger partial charge in [0.2, 0.25) is 5.91 Å². The maximum atomic E-state index is 12.1. The molecule has 0 unspecified atom stereocenters. The van der Waals surface area contributed by atoms with Crippen LogP contribution in [0.25, 0.3) is 0 Å². The second kappa shape index (κ2) is 7.67. The van der Waals surface area contributed by atoms with Crippen molar-refractivity contribution in [3.05, 3.63) is 0 Å². The van der Waals surface area contributed by atoms with Crippen LogP contribution in [0.3, 0.4) is 0 Å². The van der Waals surface area contributed by atoms with Crippen molar-refractivity contribution in [1.82, 2.24) is 9.80 Å². The van der Waals surface area contributed by atoms with Crippen molar-refractivity contribution in [2.45, 2.75) is 45.6 Å². The predicted octanol–water partition coefficient (Wildman–Crippen LogP) is 1.09. The topological polar surface area (TPSA) is 43.8 Å². The molecule has 0 aromatic rings. The van der Waals surface area contributed by atoms with E-state index in [0.717, 1.165) is 45.3 Å². The molecule has 0 saturated carbocycles. The third-order valence-electron chi connectivity index (χ3n) is 3.35. The Morgan fingerprint density at radius 1 is 1.35 bits per heavy atom. The van der Waals surface area contributed by atoms with Gasteiger partial charge in [-0.15, -0.1) is 0 Å². The first-order chi connectivity index (χ1) is 8.22. The summed E-state index contributed by atoms with van der Waals surface area (Å²) in [6.07, 6.45) is 4.13. The molecule has 1 amide bonds. The van der Waals surface area contributed by atoms with E-state index < -0.39 is 0 Å². The zero-order valence-corrected chi connectivity index (χ0v) is 11.2. The third-order valence-corrected chi connectivity index (χ3v) is 3.35. The van der Waals surface area contributed by atoms with Crippen LogP contribution in [0.4, 0.5) is 0 Å². The average molecular weight is 242 g/mol. The van der Waals surface area contributed by atoms with Crippen LogP contribution in [0.1, 0.15) is 39.5 Å².